The van der Waals surface area contributed by atoms with Gasteiger partial charge in [0.05, 0.1) is 5.56 Å². The van der Waals surface area contributed by atoms with Gasteiger partial charge in [0.15, 0.2) is 0 Å². The van der Waals surface area contributed by atoms with E-state index in [1.165, 1.54) is 12.1 Å². The third-order valence-corrected chi connectivity index (χ3v) is 1.86. The largest absolute Gasteiger partial charge is 0.478 e. The fraction of sp³-hybridized carbons (Fsp3) is 0.111. The second-order valence-electron chi connectivity index (χ2n) is 2.81. The molecule has 5 nitrogen and oxygen atoms in total. The van der Waals surface area contributed by atoms with E-state index in [2.05, 4.69) is 0 Å². The first kappa shape index (κ1) is 10.2. The lowest BCUT2D eigenvalue weighted by Gasteiger charge is -2.04. The number of amides is 1. The van der Waals surface area contributed by atoms with E-state index in [1.807, 2.05) is 5.43 Å². The van der Waals surface area contributed by atoms with Crippen LogP contribution >= 0.6 is 0 Å². The molecule has 0 aliphatic carbocycles. The summed E-state index contributed by atoms with van der Waals surface area (Å²) in [6.45, 7) is 1.70. The number of carboxylic acid groups (broad SMARTS) is 1. The van der Waals surface area contributed by atoms with Crippen LogP contribution in [0.2, 0.25) is 0 Å². The Hall–Kier alpha value is -1.88. The first-order valence-electron chi connectivity index (χ1n) is 3.91. The first-order chi connectivity index (χ1) is 6.56. The lowest BCUT2D eigenvalue weighted by atomic mass is 10.0. The van der Waals surface area contributed by atoms with Gasteiger partial charge in [-0.25, -0.2) is 10.6 Å². The van der Waals surface area contributed by atoms with Crippen molar-refractivity contribution in [1.82, 2.24) is 5.43 Å². The molecular weight excluding hydrogens is 184 g/mol. The SMILES string of the molecule is Cc1ccc(C(=O)O)cc1C(=O)NN. The number of aryl methyl sites for hydroxylation is 1. The zero-order chi connectivity index (χ0) is 10.7. The molecule has 0 fully saturated rings. The van der Waals surface area contributed by atoms with Gasteiger partial charge in [-0.2, -0.15) is 0 Å². The Kier molecular flexibility index (Phi) is 2.83. The van der Waals surface area contributed by atoms with E-state index < -0.39 is 11.9 Å². The normalized spacial score (nSPS) is 9.57. The van der Waals surface area contributed by atoms with Crippen LogP contribution in [0.1, 0.15) is 26.3 Å². The van der Waals surface area contributed by atoms with E-state index in [9.17, 15) is 9.59 Å². The monoisotopic (exact) mass is 194 g/mol. The van der Waals surface area contributed by atoms with Gasteiger partial charge in [-0.05, 0) is 24.6 Å². The molecular formula is C9H10N2O3. The fourth-order valence-corrected chi connectivity index (χ4v) is 1.08. The summed E-state index contributed by atoms with van der Waals surface area (Å²) in [5.41, 5.74) is 2.97. The zero-order valence-electron chi connectivity index (χ0n) is 7.57. The van der Waals surface area contributed by atoms with Crippen LogP contribution in [0, 0.1) is 6.92 Å². The predicted octanol–water partition coefficient (Wildman–Crippen LogP) is 0.297. The minimum Gasteiger partial charge on any atom is -0.478 e. The number of nitrogen functional groups attached to an aromatic ring is 1. The highest BCUT2D eigenvalue weighted by molar-refractivity contribution is 5.98. The highest BCUT2D eigenvalue weighted by Crippen LogP contribution is 2.10. The Bertz CT molecular complexity index is 388. The second-order valence-corrected chi connectivity index (χ2v) is 2.81. The summed E-state index contributed by atoms with van der Waals surface area (Å²) < 4.78 is 0. The van der Waals surface area contributed by atoms with Gasteiger partial charge in [-0.3, -0.25) is 10.2 Å². The van der Waals surface area contributed by atoms with Crippen LogP contribution in [-0.4, -0.2) is 17.0 Å². The Morgan fingerprint density at radius 1 is 1.43 bits per heavy atom. The third kappa shape index (κ3) is 1.89. The number of carbonyl (C=O) groups excluding carboxylic acids is 1. The Morgan fingerprint density at radius 2 is 2.07 bits per heavy atom. The fourth-order valence-electron chi connectivity index (χ4n) is 1.08. The van der Waals surface area contributed by atoms with Gasteiger partial charge in [0.1, 0.15) is 0 Å². The van der Waals surface area contributed by atoms with Gasteiger partial charge in [0, 0.05) is 5.56 Å². The Morgan fingerprint density at radius 3 is 2.57 bits per heavy atom. The van der Waals surface area contributed by atoms with Crippen molar-refractivity contribution in [1.29, 1.82) is 0 Å². The summed E-state index contributed by atoms with van der Waals surface area (Å²) in [6, 6.07) is 4.29. The van der Waals surface area contributed by atoms with Gasteiger partial charge in [-0.15, -0.1) is 0 Å². The van der Waals surface area contributed by atoms with Crippen LogP contribution < -0.4 is 11.3 Å². The molecule has 4 N–H and O–H groups in total. The number of hydrogen-bond donors (Lipinski definition) is 3. The van der Waals surface area contributed by atoms with Crippen molar-refractivity contribution in [2.45, 2.75) is 6.92 Å². The number of aromatic carboxylic acids is 1. The molecule has 0 aliphatic heterocycles. The summed E-state index contributed by atoms with van der Waals surface area (Å²) in [6.07, 6.45) is 0. The van der Waals surface area contributed by atoms with E-state index in [-0.39, 0.29) is 11.1 Å². The van der Waals surface area contributed by atoms with Crippen LogP contribution in [0.5, 0.6) is 0 Å². The van der Waals surface area contributed by atoms with Crippen LogP contribution in [0.25, 0.3) is 0 Å². The molecule has 1 aromatic rings. The second kappa shape index (κ2) is 3.89. The molecule has 0 spiro atoms. The summed E-state index contributed by atoms with van der Waals surface area (Å²) in [4.78, 5) is 21.8. The van der Waals surface area contributed by atoms with E-state index >= 15 is 0 Å². The van der Waals surface area contributed by atoms with Crippen molar-refractivity contribution < 1.29 is 14.7 Å². The molecule has 1 rings (SSSR count). The summed E-state index contributed by atoms with van der Waals surface area (Å²) in [7, 11) is 0. The number of nitrogens with one attached hydrogen (secondary N) is 1. The van der Waals surface area contributed by atoms with Gasteiger partial charge in [-0.1, -0.05) is 6.07 Å². The minimum absolute atomic E-state index is 0.0641. The molecule has 0 bridgehead atoms. The number of hydrazine groups is 1. The number of nitrogens with two attached hydrogens (primary N) is 1. The molecule has 0 aromatic heterocycles. The van der Waals surface area contributed by atoms with Crippen molar-refractivity contribution in [2.75, 3.05) is 0 Å². The number of carboxylic acids is 1. The van der Waals surface area contributed by atoms with Crippen molar-refractivity contribution in [3.63, 3.8) is 0 Å². The minimum atomic E-state index is -1.07. The van der Waals surface area contributed by atoms with Gasteiger partial charge in [0.2, 0.25) is 0 Å². The van der Waals surface area contributed by atoms with Crippen molar-refractivity contribution in [3.05, 3.63) is 34.9 Å². The number of rotatable bonds is 2. The summed E-state index contributed by atoms with van der Waals surface area (Å²) >= 11 is 0. The highest BCUT2D eigenvalue weighted by Gasteiger charge is 2.11. The zero-order valence-corrected chi connectivity index (χ0v) is 7.57. The lowest BCUT2D eigenvalue weighted by molar-refractivity contribution is 0.0697. The maximum absolute atomic E-state index is 11.2. The van der Waals surface area contributed by atoms with Crippen LogP contribution in [-0.2, 0) is 0 Å². The van der Waals surface area contributed by atoms with Crippen LogP contribution in [0.15, 0.2) is 18.2 Å². The molecule has 0 saturated heterocycles. The number of benzene rings is 1. The summed E-state index contributed by atoms with van der Waals surface area (Å²) in [5, 5.41) is 8.69. The van der Waals surface area contributed by atoms with E-state index in [0.717, 1.165) is 0 Å². The van der Waals surface area contributed by atoms with Crippen molar-refractivity contribution >= 4 is 11.9 Å². The molecule has 0 unspecified atom stereocenters. The standard InChI is InChI=1S/C9H10N2O3/c1-5-2-3-6(9(13)14)4-7(5)8(12)11-10/h2-4H,10H2,1H3,(H,11,12)(H,13,14). The van der Waals surface area contributed by atoms with Gasteiger partial charge in [0.25, 0.3) is 5.91 Å². The Balaban J connectivity index is 3.21. The topological polar surface area (TPSA) is 92.4 Å². The van der Waals surface area contributed by atoms with Crippen LogP contribution in [0.3, 0.4) is 0 Å². The van der Waals surface area contributed by atoms with Gasteiger partial charge >= 0.3 is 5.97 Å². The number of hydrogen-bond acceptors (Lipinski definition) is 3. The summed E-state index contributed by atoms with van der Waals surface area (Å²) in [5.74, 6) is 3.38. The third-order valence-electron chi connectivity index (χ3n) is 1.86. The molecule has 5 heteroatoms. The molecule has 0 aliphatic rings. The van der Waals surface area contributed by atoms with Gasteiger partial charge < -0.3 is 5.11 Å². The average molecular weight is 194 g/mol. The first-order valence-corrected chi connectivity index (χ1v) is 3.91. The van der Waals surface area contributed by atoms with E-state index in [4.69, 9.17) is 10.9 Å². The maximum Gasteiger partial charge on any atom is 0.335 e. The molecule has 1 aromatic carbocycles. The van der Waals surface area contributed by atoms with E-state index in [1.54, 1.807) is 13.0 Å². The molecule has 0 heterocycles. The molecule has 0 atom stereocenters. The Labute approximate surface area is 80.5 Å². The van der Waals surface area contributed by atoms with Crippen molar-refractivity contribution in [2.24, 2.45) is 5.84 Å². The smallest absolute Gasteiger partial charge is 0.335 e. The number of carbonyl (C=O) groups is 2. The molecule has 14 heavy (non-hydrogen) atoms. The average Bonchev–Trinajstić information content (AvgIpc) is 2.17. The maximum atomic E-state index is 11.2. The molecule has 1 amide bonds. The molecule has 74 valence electrons. The lowest BCUT2D eigenvalue weighted by Crippen LogP contribution is -2.30. The molecule has 0 radical (unpaired) electrons. The predicted molar refractivity (Wildman–Crippen MR) is 49.8 cm³/mol. The highest BCUT2D eigenvalue weighted by atomic mass is 16.4. The quantitative estimate of drug-likeness (QED) is 0.358. The van der Waals surface area contributed by atoms with Crippen LogP contribution in [0.4, 0.5) is 0 Å². The van der Waals surface area contributed by atoms with E-state index in [0.29, 0.717) is 5.56 Å². The van der Waals surface area contributed by atoms with Crippen molar-refractivity contribution in [3.8, 4) is 0 Å². The molecule has 0 saturated carbocycles.